The minimum absolute atomic E-state index is 0.128. The molecular formula is C13H14F3NO4. The van der Waals surface area contributed by atoms with Crippen LogP contribution >= 0.6 is 0 Å². The van der Waals surface area contributed by atoms with E-state index in [0.29, 0.717) is 11.3 Å². The number of esters is 1. The molecule has 0 bridgehead atoms. The third kappa shape index (κ3) is 5.33. The average Bonchev–Trinajstić information content (AvgIpc) is 2.41. The molecule has 1 rings (SSSR count). The molecule has 1 unspecified atom stereocenters. The summed E-state index contributed by atoms with van der Waals surface area (Å²) in [6.45, 7) is 0.673. The predicted molar refractivity (Wildman–Crippen MR) is 66.4 cm³/mol. The summed E-state index contributed by atoms with van der Waals surface area (Å²) < 4.78 is 46.7. The molecule has 21 heavy (non-hydrogen) atoms. The lowest BCUT2D eigenvalue weighted by atomic mass is 10.2. The van der Waals surface area contributed by atoms with E-state index in [1.54, 1.807) is 24.3 Å². The first-order valence-electron chi connectivity index (χ1n) is 5.88. The molecule has 116 valence electrons. The third-order valence-electron chi connectivity index (χ3n) is 2.45. The Morgan fingerprint density at radius 1 is 1.24 bits per heavy atom. The van der Waals surface area contributed by atoms with Gasteiger partial charge in [0.25, 0.3) is 12.0 Å². The Bertz CT molecular complexity index is 499. The Kier molecular flexibility index (Phi) is 5.57. The molecule has 0 radical (unpaired) electrons. The minimum Gasteiger partial charge on any atom is -0.497 e. The summed E-state index contributed by atoms with van der Waals surface area (Å²) in [7, 11) is 1.48. The van der Waals surface area contributed by atoms with Crippen LogP contribution in [-0.2, 0) is 20.9 Å². The zero-order chi connectivity index (χ0) is 16.0. The van der Waals surface area contributed by atoms with Gasteiger partial charge in [0, 0.05) is 13.5 Å². The summed E-state index contributed by atoms with van der Waals surface area (Å²) in [5.41, 5.74) is 0.577. The number of hydrogen-bond donors (Lipinski definition) is 1. The first kappa shape index (κ1) is 16.8. The topological polar surface area (TPSA) is 64.6 Å². The number of rotatable bonds is 5. The second-order valence-corrected chi connectivity index (χ2v) is 4.10. The molecule has 0 heterocycles. The molecular weight excluding hydrogens is 291 g/mol. The average molecular weight is 305 g/mol. The second kappa shape index (κ2) is 6.96. The zero-order valence-corrected chi connectivity index (χ0v) is 11.4. The van der Waals surface area contributed by atoms with Crippen LogP contribution in [0.15, 0.2) is 24.3 Å². The number of carbonyl (C=O) groups is 2. The van der Waals surface area contributed by atoms with Crippen LogP contribution in [0.25, 0.3) is 0 Å². The van der Waals surface area contributed by atoms with Gasteiger partial charge < -0.3 is 14.8 Å². The molecule has 5 nitrogen and oxygen atoms in total. The maximum atomic E-state index is 12.6. The molecule has 0 aliphatic rings. The maximum absolute atomic E-state index is 12.6. The normalized spacial score (nSPS) is 12.4. The molecule has 8 heteroatoms. The van der Waals surface area contributed by atoms with Gasteiger partial charge in [0.05, 0.1) is 7.11 Å². The van der Waals surface area contributed by atoms with Gasteiger partial charge in [-0.25, -0.2) is 0 Å². The van der Waals surface area contributed by atoms with E-state index in [0.717, 1.165) is 6.92 Å². The van der Waals surface area contributed by atoms with Crippen molar-refractivity contribution in [2.75, 3.05) is 7.11 Å². The highest BCUT2D eigenvalue weighted by Crippen LogP contribution is 2.23. The van der Waals surface area contributed by atoms with Crippen molar-refractivity contribution in [2.45, 2.75) is 25.7 Å². The van der Waals surface area contributed by atoms with E-state index >= 15 is 0 Å². The summed E-state index contributed by atoms with van der Waals surface area (Å²) in [6.07, 6.45) is -7.77. The summed E-state index contributed by atoms with van der Waals surface area (Å²) in [5, 5.41) is 2.07. The molecule has 0 saturated carbocycles. The standard InChI is InChI=1S/C13H14F3NO4/c1-8(18)21-11(13(14,15)16)12(19)17-7-9-3-5-10(20-2)6-4-9/h3-6,11H,7H2,1-2H3,(H,17,19). The van der Waals surface area contributed by atoms with Crippen molar-refractivity contribution in [3.05, 3.63) is 29.8 Å². The van der Waals surface area contributed by atoms with Crippen LogP contribution in [-0.4, -0.2) is 31.3 Å². The monoisotopic (exact) mass is 305 g/mol. The number of carbonyl (C=O) groups excluding carboxylic acids is 2. The van der Waals surface area contributed by atoms with Gasteiger partial charge in [-0.05, 0) is 17.7 Å². The number of halogens is 3. The SMILES string of the molecule is COc1ccc(CNC(=O)C(OC(C)=O)C(F)(F)F)cc1. The van der Waals surface area contributed by atoms with Crippen LogP contribution in [0.1, 0.15) is 12.5 Å². The highest BCUT2D eigenvalue weighted by Gasteiger charge is 2.47. The van der Waals surface area contributed by atoms with Crippen LogP contribution in [0, 0.1) is 0 Å². The van der Waals surface area contributed by atoms with Gasteiger partial charge in [-0.2, -0.15) is 13.2 Å². The van der Waals surface area contributed by atoms with Crippen molar-refractivity contribution in [3.63, 3.8) is 0 Å². The van der Waals surface area contributed by atoms with Crippen LogP contribution in [0.3, 0.4) is 0 Å². The fourth-order valence-corrected chi connectivity index (χ4v) is 1.46. The summed E-state index contributed by atoms with van der Waals surface area (Å²) in [4.78, 5) is 22.1. The van der Waals surface area contributed by atoms with E-state index in [2.05, 4.69) is 10.1 Å². The van der Waals surface area contributed by atoms with Crippen molar-refractivity contribution < 1.29 is 32.2 Å². The molecule has 1 atom stereocenters. The highest BCUT2D eigenvalue weighted by molar-refractivity contribution is 5.84. The number of methoxy groups -OCH3 is 1. The van der Waals surface area contributed by atoms with Gasteiger partial charge >= 0.3 is 12.1 Å². The Balaban J connectivity index is 2.66. The molecule has 1 aromatic carbocycles. The van der Waals surface area contributed by atoms with Crippen molar-refractivity contribution in [1.29, 1.82) is 0 Å². The number of amides is 1. The number of alkyl halides is 3. The number of ether oxygens (including phenoxy) is 2. The first-order chi connectivity index (χ1) is 9.74. The van der Waals surface area contributed by atoms with E-state index in [1.807, 2.05) is 0 Å². The molecule has 1 aromatic rings. The minimum atomic E-state index is -4.96. The Morgan fingerprint density at radius 3 is 2.24 bits per heavy atom. The molecule has 0 aliphatic carbocycles. The van der Waals surface area contributed by atoms with E-state index in [9.17, 15) is 22.8 Å². The van der Waals surface area contributed by atoms with Crippen LogP contribution in [0.5, 0.6) is 5.75 Å². The number of hydrogen-bond acceptors (Lipinski definition) is 4. The molecule has 1 N–H and O–H groups in total. The quantitative estimate of drug-likeness (QED) is 0.843. The molecule has 0 aliphatic heterocycles. The van der Waals surface area contributed by atoms with Crippen molar-refractivity contribution in [1.82, 2.24) is 5.32 Å². The Hall–Kier alpha value is -2.25. The molecule has 0 fully saturated rings. The Labute approximate surface area is 119 Å². The fourth-order valence-electron chi connectivity index (χ4n) is 1.46. The summed E-state index contributed by atoms with van der Waals surface area (Å²) >= 11 is 0. The first-order valence-corrected chi connectivity index (χ1v) is 5.88. The second-order valence-electron chi connectivity index (χ2n) is 4.10. The molecule has 0 saturated heterocycles. The molecule has 0 spiro atoms. The van der Waals surface area contributed by atoms with Crippen molar-refractivity contribution >= 4 is 11.9 Å². The molecule has 0 aromatic heterocycles. The highest BCUT2D eigenvalue weighted by atomic mass is 19.4. The van der Waals surface area contributed by atoms with Gasteiger partial charge in [0.1, 0.15) is 5.75 Å². The van der Waals surface area contributed by atoms with E-state index < -0.39 is 24.2 Å². The van der Waals surface area contributed by atoms with Gasteiger partial charge in [-0.3, -0.25) is 9.59 Å². The molecule has 1 amide bonds. The fraction of sp³-hybridized carbons (Fsp3) is 0.385. The van der Waals surface area contributed by atoms with Crippen LogP contribution in [0.2, 0.25) is 0 Å². The van der Waals surface area contributed by atoms with E-state index in [1.165, 1.54) is 7.11 Å². The predicted octanol–water partition coefficient (Wildman–Crippen LogP) is 1.81. The Morgan fingerprint density at radius 2 is 1.81 bits per heavy atom. The van der Waals surface area contributed by atoms with E-state index in [-0.39, 0.29) is 6.54 Å². The summed E-state index contributed by atoms with van der Waals surface area (Å²) in [5.74, 6) is -2.02. The lowest BCUT2D eigenvalue weighted by molar-refractivity contribution is -0.218. The smallest absolute Gasteiger partial charge is 0.434 e. The lowest BCUT2D eigenvalue weighted by Crippen LogP contribution is -2.46. The largest absolute Gasteiger partial charge is 0.497 e. The van der Waals surface area contributed by atoms with Crippen LogP contribution < -0.4 is 10.1 Å². The van der Waals surface area contributed by atoms with Crippen LogP contribution in [0.4, 0.5) is 13.2 Å². The third-order valence-corrected chi connectivity index (χ3v) is 2.45. The maximum Gasteiger partial charge on any atom is 0.434 e. The zero-order valence-electron chi connectivity index (χ0n) is 11.4. The van der Waals surface area contributed by atoms with Gasteiger partial charge in [0.2, 0.25) is 0 Å². The number of nitrogens with one attached hydrogen (secondary N) is 1. The summed E-state index contributed by atoms with van der Waals surface area (Å²) in [6, 6.07) is 6.39. The van der Waals surface area contributed by atoms with Gasteiger partial charge in [0.15, 0.2) is 0 Å². The van der Waals surface area contributed by atoms with Crippen molar-refractivity contribution in [2.24, 2.45) is 0 Å². The number of benzene rings is 1. The van der Waals surface area contributed by atoms with E-state index in [4.69, 9.17) is 4.74 Å². The van der Waals surface area contributed by atoms with Gasteiger partial charge in [-0.1, -0.05) is 12.1 Å². The lowest BCUT2D eigenvalue weighted by Gasteiger charge is -2.19. The van der Waals surface area contributed by atoms with Gasteiger partial charge in [-0.15, -0.1) is 0 Å². The van der Waals surface area contributed by atoms with Crippen molar-refractivity contribution in [3.8, 4) is 5.75 Å².